The fourth-order valence-corrected chi connectivity index (χ4v) is 12.2. The van der Waals surface area contributed by atoms with Crippen LogP contribution in [0.3, 0.4) is 0 Å². The Balaban J connectivity index is 0.000000188. The van der Waals surface area contributed by atoms with E-state index in [0.717, 1.165) is 95.4 Å². The SMILES string of the molecule is O=C([O-])CCC(=O)N1C(=O)Cc2cc(CCN3CCNCC3c3snc4ccccc34)c(Cl)cc21.O=C([O-])CCC(=O)N1C(=O)Cc2cc(CCN3CCNCC3c3snc4ccccc34)c(Cl)cc21.[Ca+2]. The van der Waals surface area contributed by atoms with Crippen molar-refractivity contribution >= 4 is 153 Å². The number of aromatic nitrogens is 2. The maximum absolute atomic E-state index is 12.5. The first kappa shape index (κ1) is 52.9. The molecule has 4 aromatic carbocycles. The molecule has 2 fully saturated rings. The Labute approximate surface area is 457 Å². The van der Waals surface area contributed by atoms with Gasteiger partial charge in [0.25, 0.3) is 0 Å². The Bertz CT molecular complexity index is 2830. The second kappa shape index (κ2) is 23.6. The summed E-state index contributed by atoms with van der Waals surface area (Å²) in [6.07, 6.45) is 0.167. The molecule has 0 spiro atoms. The molecule has 2 unspecified atom stereocenters. The van der Waals surface area contributed by atoms with Crippen molar-refractivity contribution in [1.29, 1.82) is 0 Å². The number of hydrogen-bond acceptors (Lipinski definition) is 16. The summed E-state index contributed by atoms with van der Waals surface area (Å²) in [5.41, 5.74) is 6.25. The molecule has 2 aromatic heterocycles. The van der Waals surface area contributed by atoms with E-state index >= 15 is 0 Å². The fraction of sp³-hybridized carbons (Fsp3) is 0.360. The normalized spacial score (nSPS) is 18.0. The number of carbonyl (C=O) groups is 6. The largest absolute Gasteiger partial charge is 2.00 e. The Morgan fingerprint density at radius 2 is 1.03 bits per heavy atom. The van der Waals surface area contributed by atoms with Crippen molar-refractivity contribution in [2.75, 3.05) is 62.2 Å². The maximum Gasteiger partial charge on any atom is 2.00 e. The summed E-state index contributed by atoms with van der Waals surface area (Å²) in [4.78, 5) is 80.8. The van der Waals surface area contributed by atoms with Crippen LogP contribution in [-0.2, 0) is 54.5 Å². The van der Waals surface area contributed by atoms with E-state index < -0.39 is 36.6 Å². The van der Waals surface area contributed by atoms with E-state index in [4.69, 9.17) is 23.2 Å². The van der Waals surface area contributed by atoms with Crippen LogP contribution < -0.4 is 30.6 Å². The minimum atomic E-state index is -1.32. The molecule has 16 nitrogen and oxygen atoms in total. The third-order valence-corrected chi connectivity index (χ3v) is 15.9. The first-order chi connectivity index (χ1) is 33.8. The molecule has 4 amide bonds. The van der Waals surface area contributed by atoms with E-state index in [1.54, 1.807) is 35.2 Å². The number of nitrogens with one attached hydrogen (secondary N) is 2. The first-order valence-electron chi connectivity index (χ1n) is 23.2. The van der Waals surface area contributed by atoms with Crippen molar-refractivity contribution in [2.24, 2.45) is 0 Å². The molecule has 0 radical (unpaired) electrons. The van der Waals surface area contributed by atoms with Gasteiger partial charge in [-0.15, -0.1) is 0 Å². The number of imide groups is 2. The number of carboxylic acids is 2. The van der Waals surface area contributed by atoms with Crippen LogP contribution in [0.25, 0.3) is 21.8 Å². The summed E-state index contributed by atoms with van der Waals surface area (Å²) >= 11 is 16.3. The zero-order valence-electron chi connectivity index (χ0n) is 38.6. The molecular formula is C50H48CaCl2N8O8S2. The predicted molar refractivity (Wildman–Crippen MR) is 271 cm³/mol. The number of rotatable bonds is 14. The van der Waals surface area contributed by atoms with Gasteiger partial charge in [-0.1, -0.05) is 71.7 Å². The van der Waals surface area contributed by atoms with Crippen LogP contribution in [0.5, 0.6) is 0 Å². The van der Waals surface area contributed by atoms with Gasteiger partial charge in [0.15, 0.2) is 0 Å². The third kappa shape index (κ3) is 11.8. The molecule has 2 N–H and O–H groups in total. The fourth-order valence-electron chi connectivity index (χ4n) is 9.71. The quantitative estimate of drug-likeness (QED) is 0.149. The number of amides is 4. The van der Waals surface area contributed by atoms with Crippen LogP contribution in [0.15, 0.2) is 72.8 Å². The second-order valence-corrected chi connectivity index (χ2v) is 20.1. The predicted octanol–water partition coefficient (Wildman–Crippen LogP) is 3.79. The van der Waals surface area contributed by atoms with Gasteiger partial charge in [0.05, 0.1) is 57.1 Å². The Hall–Kier alpha value is -4.44. The zero-order valence-corrected chi connectivity index (χ0v) is 44.0. The summed E-state index contributed by atoms with van der Waals surface area (Å²) in [6, 6.07) is 23.9. The van der Waals surface area contributed by atoms with Crippen molar-refractivity contribution in [3.8, 4) is 0 Å². The van der Waals surface area contributed by atoms with E-state index in [1.807, 2.05) is 48.5 Å². The van der Waals surface area contributed by atoms with Crippen molar-refractivity contribution in [1.82, 2.24) is 29.2 Å². The van der Waals surface area contributed by atoms with Gasteiger partial charge in [0.2, 0.25) is 23.6 Å². The standard InChI is InChI=1S/2C25H25ClN4O4S.Ca/c2*26-18-13-20-16(12-23(32)30(20)22(31)5-6-24(33)34)11-15(18)7-9-29-10-8-27-14-21(29)25-17-3-1-2-4-19(17)28-35-25;/h2*1-4,11,13,21,27H,5-10,12,14H2,(H,33,34);/q;;+2/p-2. The van der Waals surface area contributed by atoms with Crippen LogP contribution in [0, 0.1) is 0 Å². The van der Waals surface area contributed by atoms with Crippen molar-refractivity contribution in [2.45, 2.75) is 63.5 Å². The molecule has 10 rings (SSSR count). The van der Waals surface area contributed by atoms with Gasteiger partial charge >= 0.3 is 37.7 Å². The van der Waals surface area contributed by atoms with E-state index in [2.05, 4.69) is 41.3 Å². The Kier molecular flexibility index (Phi) is 17.6. The van der Waals surface area contributed by atoms with Crippen molar-refractivity contribution in [3.05, 3.63) is 115 Å². The van der Waals surface area contributed by atoms with E-state index in [-0.39, 0.29) is 87.3 Å². The topological polar surface area (TPSA) is 211 Å². The molecule has 0 aliphatic carbocycles. The van der Waals surface area contributed by atoms with Crippen LogP contribution in [0.2, 0.25) is 10.0 Å². The third-order valence-electron chi connectivity index (χ3n) is 13.2. The summed E-state index contributed by atoms with van der Waals surface area (Å²) in [7, 11) is 0. The molecule has 6 aromatic rings. The summed E-state index contributed by atoms with van der Waals surface area (Å²) in [5, 5.41) is 31.8. The second-order valence-electron chi connectivity index (χ2n) is 17.6. The van der Waals surface area contributed by atoms with Gasteiger partial charge < -0.3 is 30.4 Å². The number of piperazine rings is 2. The minimum Gasteiger partial charge on any atom is -0.550 e. The monoisotopic (exact) mass is 1060 g/mol. The number of anilines is 2. The van der Waals surface area contributed by atoms with E-state index in [9.17, 15) is 39.0 Å². The summed E-state index contributed by atoms with van der Waals surface area (Å²) < 4.78 is 9.23. The molecule has 2 atom stereocenters. The number of carbonyl (C=O) groups excluding carboxylic acids is 6. The van der Waals surface area contributed by atoms with Gasteiger partial charge in [-0.25, -0.2) is 9.80 Å². The molecule has 4 aliphatic rings. The molecule has 0 saturated carbocycles. The zero-order chi connectivity index (χ0) is 49.1. The minimum absolute atomic E-state index is 0. The average Bonchev–Trinajstić information content (AvgIpc) is 4.13. The van der Waals surface area contributed by atoms with Crippen LogP contribution in [-0.4, -0.2) is 144 Å². The molecule has 4 aliphatic heterocycles. The van der Waals surface area contributed by atoms with Gasteiger partial charge in [-0.05, 0) is 95.3 Å². The van der Waals surface area contributed by atoms with Crippen molar-refractivity contribution in [3.63, 3.8) is 0 Å². The number of carboxylic acid groups (broad SMARTS) is 2. The number of nitrogens with zero attached hydrogens (tertiary/aromatic N) is 6. The molecule has 0 bridgehead atoms. The first-order valence-corrected chi connectivity index (χ1v) is 25.5. The van der Waals surface area contributed by atoms with Crippen LogP contribution in [0.4, 0.5) is 11.4 Å². The molecule has 71 heavy (non-hydrogen) atoms. The Morgan fingerprint density at radius 3 is 1.44 bits per heavy atom. The average molecular weight is 1060 g/mol. The maximum atomic E-state index is 12.5. The van der Waals surface area contributed by atoms with E-state index in [1.165, 1.54) is 20.5 Å². The number of fused-ring (bicyclic) bond motifs is 4. The molecule has 2 saturated heterocycles. The molecule has 364 valence electrons. The van der Waals surface area contributed by atoms with Gasteiger partial charge in [-0.2, -0.15) is 8.75 Å². The van der Waals surface area contributed by atoms with Crippen LogP contribution >= 0.6 is 46.3 Å². The van der Waals surface area contributed by atoms with Crippen LogP contribution in [0.1, 0.15) is 69.8 Å². The smallest absolute Gasteiger partial charge is 0.550 e. The van der Waals surface area contributed by atoms with Gasteiger partial charge in [-0.3, -0.25) is 29.0 Å². The molecule has 6 heterocycles. The molecule has 21 heteroatoms. The number of benzene rings is 4. The Morgan fingerprint density at radius 1 is 0.620 bits per heavy atom. The van der Waals surface area contributed by atoms with Crippen molar-refractivity contribution < 1.29 is 39.0 Å². The van der Waals surface area contributed by atoms with E-state index in [0.29, 0.717) is 34.3 Å². The molecular weight excluding hydrogens is 1020 g/mol. The van der Waals surface area contributed by atoms with Gasteiger partial charge in [0, 0.05) is 98.0 Å². The number of aliphatic carboxylic acids is 2. The van der Waals surface area contributed by atoms with Gasteiger partial charge in [0.1, 0.15) is 0 Å². The summed E-state index contributed by atoms with van der Waals surface area (Å²) in [5.74, 6) is -4.48. The number of halogens is 2. The number of hydrogen-bond donors (Lipinski definition) is 2. The summed E-state index contributed by atoms with van der Waals surface area (Å²) in [6.45, 7) is 6.89.